The number of nitrogens with zero attached hydrogens (tertiary/aromatic N) is 1. The van der Waals surface area contributed by atoms with Crippen LogP contribution < -0.4 is 5.32 Å². The predicted octanol–water partition coefficient (Wildman–Crippen LogP) is 2.98. The Morgan fingerprint density at radius 1 is 1.39 bits per heavy atom. The molecule has 122 valence electrons. The van der Waals surface area contributed by atoms with Crippen molar-refractivity contribution in [3.8, 4) is 10.6 Å². The van der Waals surface area contributed by atoms with Crippen molar-refractivity contribution < 1.29 is 18.7 Å². The van der Waals surface area contributed by atoms with Gasteiger partial charge in [-0.15, -0.1) is 11.3 Å². The van der Waals surface area contributed by atoms with Gasteiger partial charge in [0.2, 0.25) is 0 Å². The number of aliphatic hydroxyl groups is 1. The van der Waals surface area contributed by atoms with Crippen LogP contribution in [0.15, 0.2) is 23.6 Å². The number of thiazole rings is 1. The zero-order valence-corrected chi connectivity index (χ0v) is 13.1. The Balaban J connectivity index is 1.72. The fourth-order valence-electron chi connectivity index (χ4n) is 2.45. The largest absolute Gasteiger partial charge is 0.396 e. The summed E-state index contributed by atoms with van der Waals surface area (Å²) in [6, 6.07) is 3.49. The highest BCUT2D eigenvalue weighted by Crippen LogP contribution is 2.34. The maximum atomic E-state index is 13.3. The van der Waals surface area contributed by atoms with Gasteiger partial charge in [0.15, 0.2) is 11.6 Å². The molecule has 1 aliphatic rings. The molecule has 1 unspecified atom stereocenters. The van der Waals surface area contributed by atoms with Gasteiger partial charge < -0.3 is 10.4 Å². The third kappa shape index (κ3) is 3.73. The first-order valence-corrected chi connectivity index (χ1v) is 8.29. The normalized spacial score (nSPS) is 15.4. The van der Waals surface area contributed by atoms with E-state index in [1.54, 1.807) is 5.38 Å². The number of aliphatic hydroxyl groups excluding tert-OH is 1. The summed E-state index contributed by atoms with van der Waals surface area (Å²) >= 11 is 1.20. The van der Waals surface area contributed by atoms with E-state index in [0.717, 1.165) is 25.0 Å². The Kier molecular flexibility index (Phi) is 4.68. The minimum Gasteiger partial charge on any atom is -0.396 e. The molecule has 1 amide bonds. The Labute approximate surface area is 136 Å². The first kappa shape index (κ1) is 16.0. The van der Waals surface area contributed by atoms with Crippen molar-refractivity contribution >= 4 is 17.2 Å². The molecule has 0 aliphatic heterocycles. The third-order valence-corrected chi connectivity index (χ3v) is 4.74. The standard InChI is InChI=1S/C16H16F2N2O2S/c17-11-4-3-10(7-12(11)18)16-20-14(8-23-16)15(22)19-13(5-6-21)9-1-2-9/h3-4,7-9,13,21H,1-2,5-6H2,(H,19,22). The summed E-state index contributed by atoms with van der Waals surface area (Å²) in [5.74, 6) is -1.74. The Morgan fingerprint density at radius 2 is 2.17 bits per heavy atom. The minimum atomic E-state index is -0.944. The van der Waals surface area contributed by atoms with Crippen LogP contribution >= 0.6 is 11.3 Å². The molecule has 1 atom stereocenters. The van der Waals surface area contributed by atoms with E-state index in [-0.39, 0.29) is 24.2 Å². The van der Waals surface area contributed by atoms with Crippen LogP contribution in [-0.4, -0.2) is 28.6 Å². The average Bonchev–Trinajstić information content (AvgIpc) is 3.26. The quantitative estimate of drug-likeness (QED) is 0.851. The van der Waals surface area contributed by atoms with Crippen LogP contribution in [0.3, 0.4) is 0 Å². The molecule has 7 heteroatoms. The molecule has 1 heterocycles. The van der Waals surface area contributed by atoms with Crippen molar-refractivity contribution in [1.82, 2.24) is 10.3 Å². The SMILES string of the molecule is O=C(NC(CCO)C1CC1)c1csc(-c2ccc(F)c(F)c2)n1. The molecule has 2 N–H and O–H groups in total. The van der Waals surface area contributed by atoms with Gasteiger partial charge >= 0.3 is 0 Å². The fourth-order valence-corrected chi connectivity index (χ4v) is 3.24. The second kappa shape index (κ2) is 6.72. The van der Waals surface area contributed by atoms with E-state index in [2.05, 4.69) is 10.3 Å². The van der Waals surface area contributed by atoms with Crippen LogP contribution in [-0.2, 0) is 0 Å². The summed E-state index contributed by atoms with van der Waals surface area (Å²) in [6.45, 7) is 0.0264. The lowest BCUT2D eigenvalue weighted by Crippen LogP contribution is -2.37. The molecular formula is C16H16F2N2O2S. The third-order valence-electron chi connectivity index (χ3n) is 3.85. The van der Waals surface area contributed by atoms with E-state index in [0.29, 0.717) is 22.9 Å². The van der Waals surface area contributed by atoms with Gasteiger partial charge in [-0.1, -0.05) is 0 Å². The van der Waals surface area contributed by atoms with Crippen LogP contribution in [0.1, 0.15) is 29.8 Å². The molecule has 1 aromatic heterocycles. The zero-order valence-electron chi connectivity index (χ0n) is 12.3. The number of halogens is 2. The average molecular weight is 338 g/mol. The highest BCUT2D eigenvalue weighted by molar-refractivity contribution is 7.13. The lowest BCUT2D eigenvalue weighted by atomic mass is 10.1. The molecule has 3 rings (SSSR count). The molecule has 4 nitrogen and oxygen atoms in total. The second-order valence-corrected chi connectivity index (χ2v) is 6.45. The van der Waals surface area contributed by atoms with Crippen molar-refractivity contribution in [1.29, 1.82) is 0 Å². The molecular weight excluding hydrogens is 322 g/mol. The van der Waals surface area contributed by atoms with Gasteiger partial charge in [-0.3, -0.25) is 4.79 Å². The lowest BCUT2D eigenvalue weighted by Gasteiger charge is -2.16. The fraction of sp³-hybridized carbons (Fsp3) is 0.375. The number of benzene rings is 1. The van der Waals surface area contributed by atoms with Crippen LogP contribution in [0.2, 0.25) is 0 Å². The van der Waals surface area contributed by atoms with Crippen LogP contribution in [0.5, 0.6) is 0 Å². The van der Waals surface area contributed by atoms with Crippen molar-refractivity contribution in [3.05, 3.63) is 40.9 Å². The Hall–Kier alpha value is -1.86. The lowest BCUT2D eigenvalue weighted by molar-refractivity contribution is 0.0920. The number of carbonyl (C=O) groups is 1. The van der Waals surface area contributed by atoms with E-state index < -0.39 is 11.6 Å². The molecule has 23 heavy (non-hydrogen) atoms. The van der Waals surface area contributed by atoms with Crippen LogP contribution in [0.4, 0.5) is 8.78 Å². The van der Waals surface area contributed by atoms with Crippen LogP contribution in [0.25, 0.3) is 10.6 Å². The highest BCUT2D eigenvalue weighted by atomic mass is 32.1. The minimum absolute atomic E-state index is 0.0264. The first-order chi connectivity index (χ1) is 11.1. The zero-order chi connectivity index (χ0) is 16.4. The monoisotopic (exact) mass is 338 g/mol. The molecule has 0 saturated heterocycles. The van der Waals surface area contributed by atoms with Gasteiger partial charge in [-0.05, 0) is 43.4 Å². The van der Waals surface area contributed by atoms with E-state index in [1.807, 2.05) is 0 Å². The maximum Gasteiger partial charge on any atom is 0.271 e. The highest BCUT2D eigenvalue weighted by Gasteiger charge is 2.32. The molecule has 0 spiro atoms. The van der Waals surface area contributed by atoms with Gasteiger partial charge in [0, 0.05) is 23.6 Å². The number of hydrogen-bond acceptors (Lipinski definition) is 4. The van der Waals surface area contributed by atoms with E-state index in [1.165, 1.54) is 17.4 Å². The summed E-state index contributed by atoms with van der Waals surface area (Å²) in [6.07, 6.45) is 2.64. The maximum absolute atomic E-state index is 13.3. The van der Waals surface area contributed by atoms with Gasteiger partial charge in [0.05, 0.1) is 0 Å². The predicted molar refractivity (Wildman–Crippen MR) is 83.1 cm³/mol. The van der Waals surface area contributed by atoms with Crippen molar-refractivity contribution in [3.63, 3.8) is 0 Å². The summed E-state index contributed by atoms with van der Waals surface area (Å²) in [4.78, 5) is 16.4. The van der Waals surface area contributed by atoms with Crippen molar-refractivity contribution in [2.75, 3.05) is 6.61 Å². The summed E-state index contributed by atoms with van der Waals surface area (Å²) < 4.78 is 26.3. The van der Waals surface area contributed by atoms with Crippen molar-refractivity contribution in [2.24, 2.45) is 5.92 Å². The molecule has 0 radical (unpaired) electrons. The first-order valence-electron chi connectivity index (χ1n) is 7.41. The smallest absolute Gasteiger partial charge is 0.271 e. The van der Waals surface area contributed by atoms with E-state index in [9.17, 15) is 13.6 Å². The van der Waals surface area contributed by atoms with Gasteiger partial charge in [0.1, 0.15) is 10.7 Å². The molecule has 1 aliphatic carbocycles. The van der Waals surface area contributed by atoms with Gasteiger partial charge in [-0.25, -0.2) is 13.8 Å². The number of carbonyl (C=O) groups excluding carboxylic acids is 1. The number of nitrogens with one attached hydrogen (secondary N) is 1. The molecule has 0 bridgehead atoms. The van der Waals surface area contributed by atoms with Crippen LogP contribution in [0, 0.1) is 17.6 Å². The van der Waals surface area contributed by atoms with E-state index >= 15 is 0 Å². The van der Waals surface area contributed by atoms with Gasteiger partial charge in [0.25, 0.3) is 5.91 Å². The number of amides is 1. The Bertz CT molecular complexity index is 716. The summed E-state index contributed by atoms with van der Waals surface area (Å²) in [5, 5.41) is 14.0. The van der Waals surface area contributed by atoms with E-state index in [4.69, 9.17) is 5.11 Å². The molecule has 1 fully saturated rings. The van der Waals surface area contributed by atoms with Crippen molar-refractivity contribution in [2.45, 2.75) is 25.3 Å². The number of rotatable bonds is 6. The topological polar surface area (TPSA) is 62.2 Å². The van der Waals surface area contributed by atoms with Gasteiger partial charge in [-0.2, -0.15) is 0 Å². The second-order valence-electron chi connectivity index (χ2n) is 5.60. The Morgan fingerprint density at radius 3 is 2.83 bits per heavy atom. The summed E-state index contributed by atoms with van der Waals surface area (Å²) in [5.41, 5.74) is 0.681. The summed E-state index contributed by atoms with van der Waals surface area (Å²) in [7, 11) is 0. The molecule has 1 saturated carbocycles. The molecule has 1 aromatic carbocycles. The number of aromatic nitrogens is 1. The number of hydrogen-bond donors (Lipinski definition) is 2. The molecule has 2 aromatic rings.